The number of halogens is 1. The van der Waals surface area contributed by atoms with Crippen LogP contribution in [0.5, 0.6) is 0 Å². The van der Waals surface area contributed by atoms with Crippen LogP contribution in [0.15, 0.2) is 95.5 Å². The summed E-state index contributed by atoms with van der Waals surface area (Å²) in [7, 11) is 0. The van der Waals surface area contributed by atoms with Gasteiger partial charge in [-0.2, -0.15) is 0 Å². The predicted molar refractivity (Wildman–Crippen MR) is 111 cm³/mol. The van der Waals surface area contributed by atoms with Gasteiger partial charge in [0.1, 0.15) is 0 Å². The van der Waals surface area contributed by atoms with Crippen molar-refractivity contribution in [2.75, 3.05) is 0 Å². The Bertz CT molecular complexity index is 1080. The quantitative estimate of drug-likeness (QED) is 0.361. The monoisotopic (exact) mass is 400 g/mol. The first kappa shape index (κ1) is 16.7. The highest BCUT2D eigenvalue weighted by atomic mass is 79.9. The van der Waals surface area contributed by atoms with E-state index in [9.17, 15) is 4.79 Å². The van der Waals surface area contributed by atoms with Gasteiger partial charge in [-0.1, -0.05) is 82.7 Å². The molecular weight excluding hydrogens is 384 g/mol. The predicted octanol–water partition coefficient (Wildman–Crippen LogP) is 6.42. The Balaban J connectivity index is 1.74. The lowest BCUT2D eigenvalue weighted by molar-refractivity contribution is 0.103. The molecule has 1 nitrogen and oxygen atoms in total. The normalized spacial score (nSPS) is 10.8. The van der Waals surface area contributed by atoms with Gasteiger partial charge in [0, 0.05) is 15.6 Å². The lowest BCUT2D eigenvalue weighted by Gasteiger charge is -2.11. The zero-order chi connectivity index (χ0) is 17.9. The number of ketones is 1. The summed E-state index contributed by atoms with van der Waals surface area (Å²) in [6.45, 7) is 0. The maximum absolute atomic E-state index is 13.0. The molecule has 0 N–H and O–H groups in total. The molecule has 0 heterocycles. The molecule has 0 amide bonds. The molecule has 0 unspecified atom stereocenters. The van der Waals surface area contributed by atoms with Gasteiger partial charge in [0.15, 0.2) is 5.78 Å². The van der Waals surface area contributed by atoms with E-state index >= 15 is 0 Å². The van der Waals surface area contributed by atoms with Crippen LogP contribution in [-0.4, -0.2) is 5.78 Å². The minimum atomic E-state index is 0.0633. The van der Waals surface area contributed by atoms with Crippen LogP contribution in [0.2, 0.25) is 0 Å². The van der Waals surface area contributed by atoms with Crippen molar-refractivity contribution in [1.82, 2.24) is 0 Å². The van der Waals surface area contributed by atoms with Gasteiger partial charge in [-0.3, -0.25) is 4.79 Å². The van der Waals surface area contributed by atoms with Crippen LogP contribution in [0.25, 0.3) is 10.8 Å². The highest BCUT2D eigenvalue weighted by Crippen LogP contribution is 2.24. The van der Waals surface area contributed by atoms with Gasteiger partial charge in [0.2, 0.25) is 0 Å². The first-order valence-electron chi connectivity index (χ1n) is 8.57. The van der Waals surface area contributed by atoms with Gasteiger partial charge in [-0.25, -0.2) is 0 Å². The molecule has 0 fully saturated rings. The lowest BCUT2D eigenvalue weighted by Crippen LogP contribution is -2.06. The molecule has 0 radical (unpaired) electrons. The minimum Gasteiger partial charge on any atom is -0.289 e. The first-order valence-corrected chi connectivity index (χ1v) is 9.36. The molecular formula is C24H17BrO. The molecule has 0 saturated carbocycles. The maximum atomic E-state index is 13.0. The summed E-state index contributed by atoms with van der Waals surface area (Å²) < 4.78 is 0.970. The standard InChI is InChI=1S/C24H17BrO/c25-21-14-12-18(13-15-21)24(26)23-11-4-2-7-20(23)16-19-9-5-8-17-6-1-3-10-22(17)19/h1-15H,16H2. The van der Waals surface area contributed by atoms with Crippen molar-refractivity contribution < 1.29 is 4.79 Å². The summed E-state index contributed by atoms with van der Waals surface area (Å²) in [5, 5.41) is 2.46. The van der Waals surface area contributed by atoms with E-state index in [0.29, 0.717) is 5.56 Å². The number of carbonyl (C=O) groups excluding carboxylic acids is 1. The van der Waals surface area contributed by atoms with E-state index in [1.54, 1.807) is 0 Å². The van der Waals surface area contributed by atoms with Crippen molar-refractivity contribution in [3.63, 3.8) is 0 Å². The van der Waals surface area contributed by atoms with Crippen LogP contribution in [0.1, 0.15) is 27.0 Å². The van der Waals surface area contributed by atoms with Gasteiger partial charge in [-0.15, -0.1) is 0 Å². The van der Waals surface area contributed by atoms with Crippen molar-refractivity contribution in [2.45, 2.75) is 6.42 Å². The number of hydrogen-bond donors (Lipinski definition) is 0. The van der Waals surface area contributed by atoms with E-state index in [1.165, 1.54) is 16.3 Å². The second-order valence-corrected chi connectivity index (χ2v) is 7.22. The van der Waals surface area contributed by atoms with Crippen LogP contribution < -0.4 is 0 Å². The molecule has 4 aromatic rings. The van der Waals surface area contributed by atoms with Gasteiger partial charge in [0.25, 0.3) is 0 Å². The Kier molecular flexibility index (Phi) is 4.68. The average molecular weight is 401 g/mol. The molecule has 0 aromatic heterocycles. The summed E-state index contributed by atoms with van der Waals surface area (Å²) in [6, 6.07) is 30.2. The van der Waals surface area contributed by atoms with Gasteiger partial charge < -0.3 is 0 Å². The maximum Gasteiger partial charge on any atom is 0.193 e. The summed E-state index contributed by atoms with van der Waals surface area (Å²) in [4.78, 5) is 13.0. The zero-order valence-electron chi connectivity index (χ0n) is 14.2. The van der Waals surface area contributed by atoms with Crippen molar-refractivity contribution in [3.05, 3.63) is 118 Å². The fourth-order valence-corrected chi connectivity index (χ4v) is 3.57. The second kappa shape index (κ2) is 7.27. The van der Waals surface area contributed by atoms with Crippen molar-refractivity contribution in [1.29, 1.82) is 0 Å². The number of fused-ring (bicyclic) bond motifs is 1. The molecule has 0 saturated heterocycles. The fraction of sp³-hybridized carbons (Fsp3) is 0.0417. The summed E-state index contributed by atoms with van der Waals surface area (Å²) in [5.74, 6) is 0.0633. The van der Waals surface area contributed by atoms with Crippen molar-refractivity contribution in [3.8, 4) is 0 Å². The van der Waals surface area contributed by atoms with Crippen LogP contribution in [0.4, 0.5) is 0 Å². The average Bonchev–Trinajstić information content (AvgIpc) is 2.69. The molecule has 4 aromatic carbocycles. The molecule has 26 heavy (non-hydrogen) atoms. The Hall–Kier alpha value is -2.71. The molecule has 0 spiro atoms. The van der Waals surface area contributed by atoms with Crippen LogP contribution in [0, 0.1) is 0 Å². The largest absolute Gasteiger partial charge is 0.289 e. The fourth-order valence-electron chi connectivity index (χ4n) is 3.30. The van der Waals surface area contributed by atoms with Crippen LogP contribution >= 0.6 is 15.9 Å². The minimum absolute atomic E-state index is 0.0633. The summed E-state index contributed by atoms with van der Waals surface area (Å²) in [5.41, 5.74) is 3.76. The molecule has 126 valence electrons. The van der Waals surface area contributed by atoms with Crippen LogP contribution in [0.3, 0.4) is 0 Å². The van der Waals surface area contributed by atoms with Gasteiger partial charge >= 0.3 is 0 Å². The molecule has 2 heteroatoms. The number of carbonyl (C=O) groups is 1. The number of benzene rings is 4. The van der Waals surface area contributed by atoms with E-state index < -0.39 is 0 Å². The molecule has 0 aliphatic rings. The highest BCUT2D eigenvalue weighted by molar-refractivity contribution is 9.10. The van der Waals surface area contributed by atoms with E-state index in [-0.39, 0.29) is 5.78 Å². The lowest BCUT2D eigenvalue weighted by atomic mass is 9.92. The topological polar surface area (TPSA) is 17.1 Å². The Labute approximate surface area is 161 Å². The molecule has 0 bridgehead atoms. The molecule has 0 aliphatic carbocycles. The smallest absolute Gasteiger partial charge is 0.193 e. The summed E-state index contributed by atoms with van der Waals surface area (Å²) >= 11 is 3.42. The Morgan fingerprint density at radius 3 is 2.19 bits per heavy atom. The summed E-state index contributed by atoms with van der Waals surface area (Å²) in [6.07, 6.45) is 0.736. The Morgan fingerprint density at radius 2 is 1.35 bits per heavy atom. The van der Waals surface area contributed by atoms with E-state index in [1.807, 2.05) is 48.5 Å². The Morgan fingerprint density at radius 1 is 0.692 bits per heavy atom. The third-order valence-corrected chi connectivity index (χ3v) is 5.16. The van der Waals surface area contributed by atoms with E-state index in [2.05, 4.69) is 58.4 Å². The van der Waals surface area contributed by atoms with Crippen molar-refractivity contribution >= 4 is 32.5 Å². The van der Waals surface area contributed by atoms with Crippen molar-refractivity contribution in [2.24, 2.45) is 0 Å². The van der Waals surface area contributed by atoms with Gasteiger partial charge in [0.05, 0.1) is 0 Å². The van der Waals surface area contributed by atoms with Crippen LogP contribution in [-0.2, 0) is 6.42 Å². The number of rotatable bonds is 4. The molecule has 0 atom stereocenters. The van der Waals surface area contributed by atoms with E-state index in [0.717, 1.165) is 22.0 Å². The number of hydrogen-bond acceptors (Lipinski definition) is 1. The SMILES string of the molecule is O=C(c1ccc(Br)cc1)c1ccccc1Cc1cccc2ccccc12. The third-order valence-electron chi connectivity index (χ3n) is 4.63. The van der Waals surface area contributed by atoms with Gasteiger partial charge in [-0.05, 0) is 52.6 Å². The second-order valence-electron chi connectivity index (χ2n) is 6.31. The first-order chi connectivity index (χ1) is 12.7. The van der Waals surface area contributed by atoms with E-state index in [4.69, 9.17) is 0 Å². The zero-order valence-corrected chi connectivity index (χ0v) is 15.7. The molecule has 0 aliphatic heterocycles. The molecule has 4 rings (SSSR count). The highest BCUT2D eigenvalue weighted by Gasteiger charge is 2.14. The third kappa shape index (κ3) is 3.33.